The fourth-order valence-electron chi connectivity index (χ4n) is 1.74. The summed E-state index contributed by atoms with van der Waals surface area (Å²) in [6.07, 6.45) is 0.972. The van der Waals surface area contributed by atoms with Gasteiger partial charge in [0.25, 0.3) is 11.6 Å². The van der Waals surface area contributed by atoms with Gasteiger partial charge in [0.2, 0.25) is 0 Å². The molecule has 1 aromatic heterocycles. The van der Waals surface area contributed by atoms with Crippen molar-refractivity contribution in [1.82, 2.24) is 5.16 Å². The second kappa shape index (κ2) is 7.16. The van der Waals surface area contributed by atoms with E-state index in [4.69, 9.17) is 9.36 Å². The maximum absolute atomic E-state index is 11.6. The van der Waals surface area contributed by atoms with Crippen molar-refractivity contribution >= 4 is 23.5 Å². The van der Waals surface area contributed by atoms with Crippen LogP contribution in [0.5, 0.6) is 0 Å². The third-order valence-electron chi connectivity index (χ3n) is 2.98. The van der Waals surface area contributed by atoms with Gasteiger partial charge in [-0.1, -0.05) is 10.3 Å². The summed E-state index contributed by atoms with van der Waals surface area (Å²) in [5, 5.41) is 20.4. The van der Waals surface area contributed by atoms with Gasteiger partial charge < -0.3 is 14.7 Å². The molecule has 0 spiro atoms. The molecular weight excluding hydrogens is 304 g/mol. The van der Waals surface area contributed by atoms with E-state index >= 15 is 0 Å². The van der Waals surface area contributed by atoms with Crippen LogP contribution in [0.15, 0.2) is 33.9 Å². The largest absolute Gasteiger partial charge is 0.391 e. The molecule has 0 saturated carbocycles. The molecule has 9 nitrogen and oxygen atoms in total. The van der Waals surface area contributed by atoms with E-state index in [-0.39, 0.29) is 12.3 Å². The number of rotatable bonds is 6. The van der Waals surface area contributed by atoms with E-state index < -0.39 is 10.8 Å². The van der Waals surface area contributed by atoms with E-state index in [1.165, 1.54) is 24.3 Å². The van der Waals surface area contributed by atoms with Gasteiger partial charge in [-0.25, -0.2) is 0 Å². The number of nitrogens with one attached hydrogen (secondary N) is 1. The van der Waals surface area contributed by atoms with Gasteiger partial charge >= 0.3 is 0 Å². The monoisotopic (exact) mass is 318 g/mol. The van der Waals surface area contributed by atoms with Crippen LogP contribution >= 0.6 is 0 Å². The molecule has 120 valence electrons. The van der Waals surface area contributed by atoms with Crippen molar-refractivity contribution < 1.29 is 19.1 Å². The molecule has 0 atom stereocenters. The highest BCUT2D eigenvalue weighted by Crippen LogP contribution is 2.15. The first-order chi connectivity index (χ1) is 11.0. The fourth-order valence-corrected chi connectivity index (χ4v) is 1.74. The number of nitro benzene ring substituents is 1. The molecule has 1 heterocycles. The van der Waals surface area contributed by atoms with E-state index in [0.717, 1.165) is 11.8 Å². The summed E-state index contributed by atoms with van der Waals surface area (Å²) in [7, 11) is 0. The van der Waals surface area contributed by atoms with Crippen LogP contribution in [0.4, 0.5) is 11.4 Å². The molecular formula is C14H14N4O5. The predicted octanol–water partition coefficient (Wildman–Crippen LogP) is 2.34. The molecule has 0 aliphatic heterocycles. The minimum atomic E-state index is -0.518. The van der Waals surface area contributed by atoms with E-state index in [0.29, 0.717) is 17.1 Å². The number of benzene rings is 1. The maximum Gasteiger partial charge on any atom is 0.270 e. The first-order valence-corrected chi connectivity index (χ1v) is 6.60. The second-order valence-corrected chi connectivity index (χ2v) is 4.60. The van der Waals surface area contributed by atoms with Crippen molar-refractivity contribution in [3.8, 4) is 0 Å². The van der Waals surface area contributed by atoms with Crippen molar-refractivity contribution in [2.75, 3.05) is 5.32 Å². The van der Waals surface area contributed by atoms with Gasteiger partial charge in [-0.15, -0.1) is 0 Å². The van der Waals surface area contributed by atoms with Gasteiger partial charge in [0.15, 0.2) is 0 Å². The van der Waals surface area contributed by atoms with Crippen molar-refractivity contribution in [2.24, 2.45) is 5.16 Å². The normalized spacial score (nSPS) is 10.7. The molecule has 23 heavy (non-hydrogen) atoms. The number of aromatic nitrogens is 1. The third kappa shape index (κ3) is 4.37. The molecule has 0 unspecified atom stereocenters. The number of anilines is 1. The summed E-state index contributed by atoms with van der Waals surface area (Å²) in [6.45, 7) is 3.67. The van der Waals surface area contributed by atoms with Crippen LogP contribution in [-0.4, -0.2) is 22.2 Å². The lowest BCUT2D eigenvalue weighted by Crippen LogP contribution is -2.12. The Morgan fingerprint density at radius 1 is 1.43 bits per heavy atom. The second-order valence-electron chi connectivity index (χ2n) is 4.60. The van der Waals surface area contributed by atoms with Gasteiger partial charge in [0, 0.05) is 17.8 Å². The molecule has 9 heteroatoms. The smallest absolute Gasteiger partial charge is 0.270 e. The average molecular weight is 318 g/mol. The van der Waals surface area contributed by atoms with E-state index in [2.05, 4.69) is 15.6 Å². The van der Waals surface area contributed by atoms with Crippen LogP contribution in [0.1, 0.15) is 17.0 Å². The van der Waals surface area contributed by atoms with Gasteiger partial charge in [0.1, 0.15) is 18.6 Å². The quantitative estimate of drug-likeness (QED) is 0.496. The van der Waals surface area contributed by atoms with Crippen LogP contribution < -0.4 is 5.32 Å². The lowest BCUT2D eigenvalue weighted by Gasteiger charge is -2.01. The number of aryl methyl sites for hydroxylation is 2. The van der Waals surface area contributed by atoms with Crippen LogP contribution in [0.2, 0.25) is 0 Å². The highest BCUT2D eigenvalue weighted by atomic mass is 16.6. The Kier molecular flexibility index (Phi) is 5.03. The van der Waals surface area contributed by atoms with Crippen LogP contribution in [-0.2, 0) is 16.2 Å². The predicted molar refractivity (Wildman–Crippen MR) is 81.0 cm³/mol. The number of oxime groups is 1. The zero-order chi connectivity index (χ0) is 16.8. The fraction of sp³-hybridized carbons (Fsp3) is 0.214. The Bertz CT molecular complexity index is 717. The number of hydrogen-bond acceptors (Lipinski definition) is 7. The van der Waals surface area contributed by atoms with Gasteiger partial charge in [-0.2, -0.15) is 0 Å². The van der Waals surface area contributed by atoms with E-state index in [1.54, 1.807) is 13.8 Å². The zero-order valence-electron chi connectivity index (χ0n) is 12.5. The summed E-state index contributed by atoms with van der Waals surface area (Å²) in [4.78, 5) is 26.6. The van der Waals surface area contributed by atoms with Crippen molar-refractivity contribution in [2.45, 2.75) is 20.5 Å². The maximum atomic E-state index is 11.6. The highest BCUT2D eigenvalue weighted by molar-refractivity contribution is 6.31. The highest BCUT2D eigenvalue weighted by Gasteiger charge is 2.09. The summed E-state index contributed by atoms with van der Waals surface area (Å²) in [5.41, 5.74) is 1.84. The van der Waals surface area contributed by atoms with Crippen molar-refractivity contribution in [1.29, 1.82) is 0 Å². The number of nitro groups is 1. The molecule has 1 N–H and O–H groups in total. The Morgan fingerprint density at radius 3 is 2.70 bits per heavy atom. The number of carbonyl (C=O) groups is 1. The molecule has 0 saturated heterocycles. The first kappa shape index (κ1) is 16.1. The number of nitrogens with zero attached hydrogens (tertiary/aromatic N) is 3. The molecule has 2 rings (SSSR count). The molecule has 0 aliphatic rings. The van der Waals surface area contributed by atoms with Gasteiger partial charge in [0.05, 0.1) is 16.2 Å². The Hall–Kier alpha value is -3.23. The standard InChI is InChI=1S/C14H14N4O5/c1-9-13(10(2)23-17-9)8-22-15-7-14(19)16-11-3-5-12(6-4-11)18(20)21/h3-7H,8H2,1-2H3,(H,16,19)/b15-7+. The van der Waals surface area contributed by atoms with Gasteiger partial charge in [-0.05, 0) is 26.0 Å². The lowest BCUT2D eigenvalue weighted by atomic mass is 10.2. The third-order valence-corrected chi connectivity index (χ3v) is 2.98. The topological polar surface area (TPSA) is 120 Å². The van der Waals surface area contributed by atoms with Crippen LogP contribution in [0.3, 0.4) is 0 Å². The van der Waals surface area contributed by atoms with Crippen LogP contribution in [0, 0.1) is 24.0 Å². The summed E-state index contributed by atoms with van der Waals surface area (Å²) in [6, 6.07) is 5.44. The average Bonchev–Trinajstić information content (AvgIpc) is 2.83. The minimum absolute atomic E-state index is 0.0561. The summed E-state index contributed by atoms with van der Waals surface area (Å²) >= 11 is 0. The van der Waals surface area contributed by atoms with E-state index in [1.807, 2.05) is 0 Å². The molecule has 2 aromatic rings. The first-order valence-electron chi connectivity index (χ1n) is 6.60. The Morgan fingerprint density at radius 2 is 2.13 bits per heavy atom. The lowest BCUT2D eigenvalue weighted by molar-refractivity contribution is -0.384. The molecule has 0 fully saturated rings. The van der Waals surface area contributed by atoms with Crippen LogP contribution in [0.25, 0.3) is 0 Å². The molecule has 1 amide bonds. The zero-order valence-corrected chi connectivity index (χ0v) is 12.5. The SMILES string of the molecule is Cc1noc(C)c1CO/N=C/C(=O)Nc1ccc([N+](=O)[O-])cc1. The minimum Gasteiger partial charge on any atom is -0.391 e. The van der Waals surface area contributed by atoms with E-state index in [9.17, 15) is 14.9 Å². The Labute approximate surface area is 131 Å². The van der Waals surface area contributed by atoms with Crippen molar-refractivity contribution in [3.05, 3.63) is 51.4 Å². The molecule has 0 aliphatic carbocycles. The molecule has 0 radical (unpaired) electrons. The molecule has 1 aromatic carbocycles. The summed E-state index contributed by atoms with van der Waals surface area (Å²) < 4.78 is 4.97. The van der Waals surface area contributed by atoms with Crippen molar-refractivity contribution in [3.63, 3.8) is 0 Å². The number of hydrogen-bond donors (Lipinski definition) is 1. The molecule has 0 bridgehead atoms. The number of non-ortho nitro benzene ring substituents is 1. The number of carbonyl (C=O) groups excluding carboxylic acids is 1. The number of amides is 1. The van der Waals surface area contributed by atoms with Gasteiger partial charge in [-0.3, -0.25) is 14.9 Å². The Balaban J connectivity index is 1.83. The summed E-state index contributed by atoms with van der Waals surface area (Å²) in [5.74, 6) is 0.116.